The summed E-state index contributed by atoms with van der Waals surface area (Å²) in [6, 6.07) is 1.21. The highest BCUT2D eigenvalue weighted by Gasteiger charge is 2.25. The Kier molecular flexibility index (Phi) is 6.40. The summed E-state index contributed by atoms with van der Waals surface area (Å²) >= 11 is 11.4. The van der Waals surface area contributed by atoms with Gasteiger partial charge < -0.3 is 4.90 Å². The lowest BCUT2D eigenvalue weighted by molar-refractivity contribution is -0.130. The standard InChI is InChI=1S/C12H17Cl2N3O3S/c1-4-17(5-2)11(18)8-16(3)21(19,20)9-6-10(13)12(14)15-7-9/h6-7H,4-5,8H2,1-3H3. The van der Waals surface area contributed by atoms with Gasteiger partial charge >= 0.3 is 0 Å². The van der Waals surface area contributed by atoms with Crippen LogP contribution < -0.4 is 0 Å². The largest absolute Gasteiger partial charge is 0.342 e. The predicted molar refractivity (Wildman–Crippen MR) is 82.0 cm³/mol. The number of likely N-dealkylation sites (N-methyl/N-ethyl adjacent to an activating group) is 2. The normalized spacial score (nSPS) is 11.7. The number of carbonyl (C=O) groups excluding carboxylic acids is 1. The molecule has 1 aromatic rings. The Balaban J connectivity index is 2.96. The number of amides is 1. The van der Waals surface area contributed by atoms with E-state index in [1.165, 1.54) is 13.1 Å². The summed E-state index contributed by atoms with van der Waals surface area (Å²) in [4.78, 5) is 17.1. The predicted octanol–water partition coefficient (Wildman–Crippen LogP) is 1.88. The van der Waals surface area contributed by atoms with Gasteiger partial charge in [-0.15, -0.1) is 0 Å². The summed E-state index contributed by atoms with van der Waals surface area (Å²) in [5.41, 5.74) is 0. The molecule has 0 aromatic carbocycles. The monoisotopic (exact) mass is 353 g/mol. The van der Waals surface area contributed by atoms with Crippen LogP contribution in [0.1, 0.15) is 13.8 Å². The lowest BCUT2D eigenvalue weighted by Crippen LogP contribution is -2.41. The van der Waals surface area contributed by atoms with Crippen LogP contribution in [0.4, 0.5) is 0 Å². The molecule has 0 unspecified atom stereocenters. The van der Waals surface area contributed by atoms with E-state index in [0.717, 1.165) is 10.5 Å². The number of halogens is 2. The molecule has 0 bridgehead atoms. The first kappa shape index (κ1) is 18.2. The Hall–Kier alpha value is -0.890. The molecule has 0 aliphatic rings. The summed E-state index contributed by atoms with van der Waals surface area (Å²) < 4.78 is 25.7. The fourth-order valence-corrected chi connectivity index (χ4v) is 3.10. The summed E-state index contributed by atoms with van der Waals surface area (Å²) in [5, 5.41) is 0.0682. The van der Waals surface area contributed by atoms with Crippen LogP contribution in [0.2, 0.25) is 10.2 Å². The lowest BCUT2D eigenvalue weighted by Gasteiger charge is -2.22. The van der Waals surface area contributed by atoms with E-state index in [4.69, 9.17) is 23.2 Å². The third-order valence-corrected chi connectivity index (χ3v) is 5.41. The van der Waals surface area contributed by atoms with Gasteiger partial charge in [0.25, 0.3) is 0 Å². The smallest absolute Gasteiger partial charge is 0.244 e. The van der Waals surface area contributed by atoms with Crippen LogP contribution in [0.15, 0.2) is 17.2 Å². The van der Waals surface area contributed by atoms with Crippen molar-refractivity contribution in [1.29, 1.82) is 0 Å². The average Bonchev–Trinajstić information content (AvgIpc) is 2.42. The molecule has 9 heteroatoms. The quantitative estimate of drug-likeness (QED) is 0.732. The highest BCUT2D eigenvalue weighted by atomic mass is 35.5. The van der Waals surface area contributed by atoms with Gasteiger partial charge in [-0.2, -0.15) is 4.31 Å². The van der Waals surface area contributed by atoms with E-state index in [9.17, 15) is 13.2 Å². The summed E-state index contributed by atoms with van der Waals surface area (Å²) in [6.07, 6.45) is 1.11. The number of aromatic nitrogens is 1. The van der Waals surface area contributed by atoms with Crippen molar-refractivity contribution in [3.63, 3.8) is 0 Å². The molecule has 118 valence electrons. The van der Waals surface area contributed by atoms with Gasteiger partial charge in [0.2, 0.25) is 15.9 Å². The molecule has 0 radical (unpaired) electrons. The summed E-state index contributed by atoms with van der Waals surface area (Å²) in [5.74, 6) is -0.265. The molecule has 0 spiro atoms. The molecule has 1 aromatic heterocycles. The van der Waals surface area contributed by atoms with Crippen molar-refractivity contribution in [3.8, 4) is 0 Å². The Morgan fingerprint density at radius 1 is 1.29 bits per heavy atom. The third-order valence-electron chi connectivity index (χ3n) is 2.95. The van der Waals surface area contributed by atoms with Crippen molar-refractivity contribution in [1.82, 2.24) is 14.2 Å². The van der Waals surface area contributed by atoms with E-state index in [1.54, 1.807) is 4.90 Å². The second-order valence-corrected chi connectivity index (χ2v) is 7.08. The maximum atomic E-state index is 12.3. The fraction of sp³-hybridized carbons (Fsp3) is 0.500. The van der Waals surface area contributed by atoms with Crippen molar-refractivity contribution in [2.45, 2.75) is 18.7 Å². The van der Waals surface area contributed by atoms with Gasteiger partial charge in [-0.25, -0.2) is 13.4 Å². The molecule has 1 amide bonds. The van der Waals surface area contributed by atoms with Crippen molar-refractivity contribution >= 4 is 39.1 Å². The van der Waals surface area contributed by atoms with Gasteiger partial charge in [0.05, 0.1) is 11.6 Å². The van der Waals surface area contributed by atoms with E-state index in [1.807, 2.05) is 13.8 Å². The highest BCUT2D eigenvalue weighted by molar-refractivity contribution is 7.89. The molecule has 0 N–H and O–H groups in total. The van der Waals surface area contributed by atoms with Gasteiger partial charge in [-0.05, 0) is 19.9 Å². The number of pyridine rings is 1. The van der Waals surface area contributed by atoms with Gasteiger partial charge in [0.15, 0.2) is 0 Å². The molecule has 1 heterocycles. The number of sulfonamides is 1. The number of rotatable bonds is 6. The van der Waals surface area contributed by atoms with E-state index >= 15 is 0 Å². The molecule has 0 fully saturated rings. The molecular formula is C12H17Cl2N3O3S. The van der Waals surface area contributed by atoms with Gasteiger partial charge in [0, 0.05) is 26.3 Å². The summed E-state index contributed by atoms with van der Waals surface area (Å²) in [7, 11) is -2.51. The van der Waals surface area contributed by atoms with E-state index in [0.29, 0.717) is 13.1 Å². The zero-order valence-electron chi connectivity index (χ0n) is 12.0. The highest BCUT2D eigenvalue weighted by Crippen LogP contribution is 2.23. The number of carbonyl (C=O) groups is 1. The van der Waals surface area contributed by atoms with Crippen LogP contribution in [-0.2, 0) is 14.8 Å². The van der Waals surface area contributed by atoms with Crippen LogP contribution >= 0.6 is 23.2 Å². The van der Waals surface area contributed by atoms with Crippen LogP contribution in [0, 0.1) is 0 Å². The Morgan fingerprint density at radius 3 is 2.33 bits per heavy atom. The summed E-state index contributed by atoms with van der Waals surface area (Å²) in [6.45, 7) is 4.47. The van der Waals surface area contributed by atoms with Gasteiger partial charge in [-0.3, -0.25) is 4.79 Å². The van der Waals surface area contributed by atoms with Gasteiger partial charge in [0.1, 0.15) is 10.0 Å². The minimum absolute atomic E-state index is 0.0255. The van der Waals surface area contributed by atoms with E-state index in [-0.39, 0.29) is 27.5 Å². The van der Waals surface area contributed by atoms with Crippen molar-refractivity contribution < 1.29 is 13.2 Å². The first-order valence-electron chi connectivity index (χ1n) is 6.29. The first-order chi connectivity index (χ1) is 9.73. The molecule has 1 rings (SSSR count). The molecule has 0 atom stereocenters. The molecule has 0 aliphatic heterocycles. The van der Waals surface area contributed by atoms with Crippen LogP contribution in [0.3, 0.4) is 0 Å². The molecule has 6 nitrogen and oxygen atoms in total. The van der Waals surface area contributed by atoms with Crippen LogP contribution in [0.5, 0.6) is 0 Å². The zero-order valence-corrected chi connectivity index (χ0v) is 14.3. The maximum absolute atomic E-state index is 12.3. The lowest BCUT2D eigenvalue weighted by atomic mass is 10.4. The van der Waals surface area contributed by atoms with E-state index < -0.39 is 10.0 Å². The third kappa shape index (κ3) is 4.29. The maximum Gasteiger partial charge on any atom is 0.244 e. The molecule has 21 heavy (non-hydrogen) atoms. The second-order valence-electron chi connectivity index (χ2n) is 4.27. The van der Waals surface area contributed by atoms with Crippen molar-refractivity contribution in [3.05, 3.63) is 22.4 Å². The van der Waals surface area contributed by atoms with Gasteiger partial charge in [-0.1, -0.05) is 23.2 Å². The van der Waals surface area contributed by atoms with E-state index in [2.05, 4.69) is 4.98 Å². The fourth-order valence-electron chi connectivity index (χ4n) is 1.68. The van der Waals surface area contributed by atoms with Crippen LogP contribution in [-0.4, -0.2) is 55.2 Å². The van der Waals surface area contributed by atoms with Crippen molar-refractivity contribution in [2.24, 2.45) is 0 Å². The molecular weight excluding hydrogens is 337 g/mol. The van der Waals surface area contributed by atoms with Crippen molar-refractivity contribution in [2.75, 3.05) is 26.7 Å². The topological polar surface area (TPSA) is 70.6 Å². The molecule has 0 saturated carbocycles. The SMILES string of the molecule is CCN(CC)C(=O)CN(C)S(=O)(=O)c1cnc(Cl)c(Cl)c1. The second kappa shape index (κ2) is 7.40. The number of hydrogen-bond donors (Lipinski definition) is 0. The average molecular weight is 354 g/mol. The van der Waals surface area contributed by atoms with Crippen LogP contribution in [0.25, 0.3) is 0 Å². The minimum atomic E-state index is -3.84. The minimum Gasteiger partial charge on any atom is -0.342 e. The zero-order chi connectivity index (χ0) is 16.2. The Morgan fingerprint density at radius 2 is 1.86 bits per heavy atom. The Labute approximate surface area is 134 Å². The Bertz CT molecular complexity index is 618. The molecule has 0 saturated heterocycles. The number of hydrogen-bond acceptors (Lipinski definition) is 4. The first-order valence-corrected chi connectivity index (χ1v) is 8.48. The number of nitrogens with zero attached hydrogens (tertiary/aromatic N) is 3. The molecule has 0 aliphatic carbocycles.